The van der Waals surface area contributed by atoms with Gasteiger partial charge in [0.25, 0.3) is 0 Å². The molecule has 3 fully saturated rings. The minimum absolute atomic E-state index is 0.317. The van der Waals surface area contributed by atoms with Crippen LogP contribution in [-0.2, 0) is 4.74 Å². The van der Waals surface area contributed by atoms with Gasteiger partial charge in [0.15, 0.2) is 0 Å². The highest BCUT2D eigenvalue weighted by molar-refractivity contribution is 5.26. The summed E-state index contributed by atoms with van der Waals surface area (Å²) in [5.41, 5.74) is 1.29. The van der Waals surface area contributed by atoms with Crippen LogP contribution in [0.15, 0.2) is 11.6 Å². The number of aliphatic hydroxyl groups is 2. The van der Waals surface area contributed by atoms with Gasteiger partial charge in [-0.2, -0.15) is 0 Å². The number of allylic oxidation sites excluding steroid dienone is 1. The van der Waals surface area contributed by atoms with Crippen LogP contribution in [0.5, 0.6) is 0 Å². The van der Waals surface area contributed by atoms with Gasteiger partial charge < -0.3 is 14.9 Å². The van der Waals surface area contributed by atoms with E-state index >= 15 is 0 Å². The van der Waals surface area contributed by atoms with Crippen molar-refractivity contribution in [1.29, 1.82) is 0 Å². The Morgan fingerprint density at radius 3 is 2.58 bits per heavy atom. The zero-order valence-corrected chi connectivity index (χ0v) is 22.5. The Morgan fingerprint density at radius 1 is 1.09 bits per heavy atom. The summed E-state index contributed by atoms with van der Waals surface area (Å²) in [4.78, 5) is 0. The molecule has 0 saturated heterocycles. The van der Waals surface area contributed by atoms with Gasteiger partial charge in [0.05, 0.1) is 11.2 Å². The van der Waals surface area contributed by atoms with E-state index < -0.39 is 11.2 Å². The molecule has 0 spiro atoms. The lowest BCUT2D eigenvalue weighted by Gasteiger charge is -2.59. The van der Waals surface area contributed by atoms with Gasteiger partial charge in [-0.3, -0.25) is 0 Å². The Hall–Kier alpha value is -0.380. The lowest BCUT2D eigenvalue weighted by Crippen LogP contribution is -2.52. The molecule has 4 aliphatic carbocycles. The van der Waals surface area contributed by atoms with Crippen LogP contribution in [0.4, 0.5) is 0 Å². The predicted molar refractivity (Wildman–Crippen MR) is 136 cm³/mol. The van der Waals surface area contributed by atoms with Crippen molar-refractivity contribution >= 4 is 0 Å². The Bertz CT molecular complexity index is 724. The second-order valence-electron chi connectivity index (χ2n) is 13.8. The van der Waals surface area contributed by atoms with Crippen molar-refractivity contribution in [3.63, 3.8) is 0 Å². The van der Waals surface area contributed by atoms with Crippen LogP contribution in [0.1, 0.15) is 112 Å². The van der Waals surface area contributed by atoms with Gasteiger partial charge in [-0.05, 0) is 131 Å². The first-order chi connectivity index (χ1) is 15.4. The molecule has 0 aliphatic heterocycles. The lowest BCUT2D eigenvalue weighted by molar-refractivity contribution is -0.0716. The molecule has 3 saturated carbocycles. The van der Waals surface area contributed by atoms with Crippen molar-refractivity contribution in [2.24, 2.45) is 40.4 Å². The fourth-order valence-corrected chi connectivity index (χ4v) is 9.24. The highest BCUT2D eigenvalue weighted by Crippen LogP contribution is 2.67. The molecule has 9 atom stereocenters. The number of methoxy groups -OCH3 is 1. The molecule has 0 bridgehead atoms. The topological polar surface area (TPSA) is 49.7 Å². The molecule has 0 heterocycles. The molecule has 0 aromatic carbocycles. The summed E-state index contributed by atoms with van der Waals surface area (Å²) in [6, 6.07) is 0. The van der Waals surface area contributed by atoms with Crippen molar-refractivity contribution in [2.45, 2.75) is 123 Å². The quantitative estimate of drug-likeness (QED) is 0.306. The van der Waals surface area contributed by atoms with Gasteiger partial charge in [0.2, 0.25) is 0 Å². The highest BCUT2D eigenvalue weighted by atomic mass is 16.5. The summed E-state index contributed by atoms with van der Waals surface area (Å²) < 4.78 is 5.18. The van der Waals surface area contributed by atoms with Gasteiger partial charge in [-0.1, -0.05) is 32.4 Å². The normalized spacial score (nSPS) is 45.4. The van der Waals surface area contributed by atoms with Crippen LogP contribution in [0, 0.1) is 40.4 Å². The Kier molecular flexibility index (Phi) is 7.20. The largest absolute Gasteiger partial charge is 0.390 e. The number of rotatable bonds is 8. The maximum Gasteiger partial charge on any atom is 0.0657 e. The first kappa shape index (κ1) is 25.7. The molecule has 0 radical (unpaired) electrons. The van der Waals surface area contributed by atoms with E-state index in [9.17, 15) is 10.2 Å². The first-order valence-corrected chi connectivity index (χ1v) is 14.1. The summed E-state index contributed by atoms with van der Waals surface area (Å²) in [7, 11) is 1.74. The van der Waals surface area contributed by atoms with E-state index in [0.29, 0.717) is 16.7 Å². The fraction of sp³-hybridized carbons (Fsp3) is 0.933. The van der Waals surface area contributed by atoms with Crippen LogP contribution >= 0.6 is 0 Å². The molecule has 33 heavy (non-hydrogen) atoms. The molecule has 3 nitrogen and oxygen atoms in total. The minimum atomic E-state index is -0.565. The van der Waals surface area contributed by atoms with Gasteiger partial charge in [0, 0.05) is 13.7 Å². The van der Waals surface area contributed by atoms with E-state index in [1.807, 2.05) is 13.8 Å². The van der Waals surface area contributed by atoms with Crippen molar-refractivity contribution in [2.75, 3.05) is 13.7 Å². The maximum absolute atomic E-state index is 10.9. The van der Waals surface area contributed by atoms with E-state index in [1.54, 1.807) is 12.7 Å². The van der Waals surface area contributed by atoms with Crippen molar-refractivity contribution < 1.29 is 14.9 Å². The van der Waals surface area contributed by atoms with Crippen molar-refractivity contribution in [3.8, 4) is 0 Å². The van der Waals surface area contributed by atoms with Gasteiger partial charge in [-0.25, -0.2) is 0 Å². The van der Waals surface area contributed by atoms with Gasteiger partial charge in [-0.15, -0.1) is 0 Å². The maximum atomic E-state index is 10.9. The predicted octanol–water partition coefficient (Wildman–Crippen LogP) is 6.91. The van der Waals surface area contributed by atoms with E-state index in [4.69, 9.17) is 4.74 Å². The van der Waals surface area contributed by atoms with Gasteiger partial charge >= 0.3 is 0 Å². The van der Waals surface area contributed by atoms with E-state index in [1.165, 1.54) is 32.1 Å². The molecule has 0 aromatic heterocycles. The Morgan fingerprint density at radius 2 is 1.85 bits per heavy atom. The standard InChI is InChI=1S/C30H52O3/c1-21(12-15-27(2,31)14-7-19-33-6)24-10-11-25-23-9-8-22-20-28(3,32)17-18-29(22,4)26(23)13-16-30(24,25)5/h8,21,23-26,31-32H,7,9-20H2,1-6H3. The van der Waals surface area contributed by atoms with Crippen LogP contribution in [0.25, 0.3) is 0 Å². The van der Waals surface area contributed by atoms with E-state index in [2.05, 4.69) is 26.8 Å². The summed E-state index contributed by atoms with van der Waals surface area (Å²) in [5.74, 6) is 3.96. The summed E-state index contributed by atoms with van der Waals surface area (Å²) in [5, 5.41) is 21.6. The van der Waals surface area contributed by atoms with Crippen molar-refractivity contribution in [3.05, 3.63) is 11.6 Å². The van der Waals surface area contributed by atoms with Crippen LogP contribution in [0.2, 0.25) is 0 Å². The van der Waals surface area contributed by atoms with Crippen LogP contribution < -0.4 is 0 Å². The van der Waals surface area contributed by atoms with E-state index in [-0.39, 0.29) is 0 Å². The monoisotopic (exact) mass is 460 g/mol. The zero-order chi connectivity index (χ0) is 24.1. The smallest absolute Gasteiger partial charge is 0.0657 e. The molecule has 0 amide bonds. The molecule has 0 aromatic rings. The SMILES string of the molecule is COCCCC(C)(O)CCC(C)C1CCC2C3CC=C4CC(C)(O)CCC4(C)C3CCC12C. The van der Waals surface area contributed by atoms with E-state index in [0.717, 1.165) is 75.2 Å². The highest BCUT2D eigenvalue weighted by Gasteiger charge is 2.59. The first-order valence-electron chi connectivity index (χ1n) is 14.1. The zero-order valence-electron chi connectivity index (χ0n) is 22.5. The second kappa shape index (κ2) is 9.25. The average Bonchev–Trinajstić information content (AvgIpc) is 3.10. The fourth-order valence-electron chi connectivity index (χ4n) is 9.24. The number of fused-ring (bicyclic) bond motifs is 5. The van der Waals surface area contributed by atoms with Crippen molar-refractivity contribution in [1.82, 2.24) is 0 Å². The minimum Gasteiger partial charge on any atom is -0.390 e. The number of ether oxygens (including phenoxy) is 1. The molecule has 2 N–H and O–H groups in total. The van der Waals surface area contributed by atoms with Crippen LogP contribution in [0.3, 0.4) is 0 Å². The Balaban J connectivity index is 1.42. The van der Waals surface area contributed by atoms with Crippen LogP contribution in [-0.4, -0.2) is 35.1 Å². The van der Waals surface area contributed by atoms with Gasteiger partial charge in [0.1, 0.15) is 0 Å². The molecular weight excluding hydrogens is 408 g/mol. The summed E-state index contributed by atoms with van der Waals surface area (Å²) in [6.07, 6.45) is 16.1. The third kappa shape index (κ3) is 4.85. The molecular formula is C30H52O3. The number of hydrogen-bond acceptors (Lipinski definition) is 3. The number of hydrogen-bond donors (Lipinski definition) is 2. The second-order valence-corrected chi connectivity index (χ2v) is 13.8. The molecule has 4 aliphatic rings. The average molecular weight is 461 g/mol. The third-order valence-corrected chi connectivity index (χ3v) is 11.3. The molecule has 3 heteroatoms. The lowest BCUT2D eigenvalue weighted by atomic mass is 9.46. The summed E-state index contributed by atoms with van der Waals surface area (Å²) >= 11 is 0. The summed E-state index contributed by atoms with van der Waals surface area (Å²) in [6.45, 7) is 12.4. The molecule has 190 valence electrons. The molecule has 9 unspecified atom stereocenters. The third-order valence-electron chi connectivity index (χ3n) is 11.3. The Labute approximate surface area is 203 Å². The molecule has 4 rings (SSSR count).